The van der Waals surface area contributed by atoms with Crippen LogP contribution >= 0.6 is 11.6 Å². The number of nitrogens with one attached hydrogen (secondary N) is 1. The molecule has 1 amide bonds. The van der Waals surface area contributed by atoms with Gasteiger partial charge in [0, 0.05) is 22.7 Å². The molecule has 2 aliphatic rings. The summed E-state index contributed by atoms with van der Waals surface area (Å²) in [7, 11) is 0. The van der Waals surface area contributed by atoms with Crippen molar-refractivity contribution < 1.29 is 23.9 Å². The van der Waals surface area contributed by atoms with E-state index in [0.717, 1.165) is 25.7 Å². The Hall–Kier alpha value is -2.99. The third-order valence-corrected chi connectivity index (χ3v) is 6.36. The van der Waals surface area contributed by atoms with Crippen LogP contribution in [0.3, 0.4) is 0 Å². The van der Waals surface area contributed by atoms with Crippen LogP contribution in [-0.4, -0.2) is 36.1 Å². The highest BCUT2D eigenvalue weighted by Crippen LogP contribution is 2.34. The Kier molecular flexibility index (Phi) is 5.92. The molecule has 2 aromatic carbocycles. The van der Waals surface area contributed by atoms with Crippen LogP contribution in [0.1, 0.15) is 74.8 Å². The van der Waals surface area contributed by atoms with Crippen LogP contribution in [-0.2, 0) is 9.53 Å². The molecule has 1 saturated carbocycles. The normalized spacial score (nSPS) is 19.9. The van der Waals surface area contributed by atoms with E-state index >= 15 is 0 Å². The molecule has 0 bridgehead atoms. The molecule has 160 valence electrons. The highest BCUT2D eigenvalue weighted by Gasteiger charge is 2.33. The maximum Gasteiger partial charge on any atom is 0.340 e. The number of amides is 1. The Balaban J connectivity index is 1.47. The number of carbonyl (C=O) groups is 4. The Labute approximate surface area is 184 Å². The molecule has 2 aromatic rings. The average Bonchev–Trinajstić information content (AvgIpc) is 2.77. The topological polar surface area (TPSA) is 89.5 Å². The summed E-state index contributed by atoms with van der Waals surface area (Å²) in [5, 5.41) is 2.75. The van der Waals surface area contributed by atoms with Gasteiger partial charge in [-0.25, -0.2) is 4.79 Å². The number of rotatable bonds is 4. The largest absolute Gasteiger partial charge is 0.452 e. The number of benzene rings is 2. The molecular weight excluding hydrogens is 418 g/mol. The van der Waals surface area contributed by atoms with Crippen LogP contribution in [0.5, 0.6) is 0 Å². The number of esters is 1. The standard InChI is InChI=1S/C24H22ClNO5/c1-13-6-8-14(9-7-13)26-19(27)12-31-24(30)18-11-10-17-20(21(18)25)23(29)16-5-3-2-4-15(16)22(17)28/h2-5,10-11,13-14H,6-9,12H2,1H3,(H,26,27). The van der Waals surface area contributed by atoms with Gasteiger partial charge in [0.25, 0.3) is 5.91 Å². The van der Waals surface area contributed by atoms with E-state index in [4.69, 9.17) is 16.3 Å². The summed E-state index contributed by atoms with van der Waals surface area (Å²) in [5.74, 6) is -1.28. The van der Waals surface area contributed by atoms with E-state index in [1.165, 1.54) is 12.1 Å². The van der Waals surface area contributed by atoms with Crippen LogP contribution < -0.4 is 5.32 Å². The fourth-order valence-corrected chi connectivity index (χ4v) is 4.51. The van der Waals surface area contributed by atoms with Crippen molar-refractivity contribution >= 4 is 35.0 Å². The lowest BCUT2D eigenvalue weighted by Crippen LogP contribution is -2.39. The van der Waals surface area contributed by atoms with Crippen LogP contribution in [0.25, 0.3) is 0 Å². The summed E-state index contributed by atoms with van der Waals surface area (Å²) < 4.78 is 5.12. The van der Waals surface area contributed by atoms with Gasteiger partial charge in [-0.1, -0.05) is 42.8 Å². The van der Waals surface area contributed by atoms with Gasteiger partial charge in [0.1, 0.15) is 0 Å². The van der Waals surface area contributed by atoms with Crippen molar-refractivity contribution in [1.29, 1.82) is 0 Å². The minimum absolute atomic E-state index is 0.0133. The molecule has 0 radical (unpaired) electrons. The predicted octanol–water partition coefficient (Wildman–Crippen LogP) is 3.97. The third kappa shape index (κ3) is 4.12. The monoisotopic (exact) mass is 439 g/mol. The minimum Gasteiger partial charge on any atom is -0.452 e. The van der Waals surface area contributed by atoms with E-state index in [2.05, 4.69) is 12.2 Å². The smallest absolute Gasteiger partial charge is 0.340 e. The second kappa shape index (κ2) is 8.63. The van der Waals surface area contributed by atoms with Gasteiger partial charge in [-0.15, -0.1) is 0 Å². The van der Waals surface area contributed by atoms with Gasteiger partial charge in [-0.2, -0.15) is 0 Å². The summed E-state index contributed by atoms with van der Waals surface area (Å²) in [6.45, 7) is 1.76. The molecular formula is C24H22ClNO5. The molecule has 2 aliphatic carbocycles. The van der Waals surface area contributed by atoms with E-state index in [1.54, 1.807) is 24.3 Å². The molecule has 31 heavy (non-hydrogen) atoms. The molecule has 7 heteroatoms. The van der Waals surface area contributed by atoms with E-state index in [-0.39, 0.29) is 45.0 Å². The van der Waals surface area contributed by atoms with Crippen molar-refractivity contribution in [2.75, 3.05) is 6.61 Å². The summed E-state index contributed by atoms with van der Waals surface area (Å²) >= 11 is 6.36. The van der Waals surface area contributed by atoms with Crippen molar-refractivity contribution in [3.05, 3.63) is 69.2 Å². The predicted molar refractivity (Wildman–Crippen MR) is 115 cm³/mol. The first-order chi connectivity index (χ1) is 14.9. The van der Waals surface area contributed by atoms with Gasteiger partial charge >= 0.3 is 5.97 Å². The molecule has 1 N–H and O–H groups in total. The number of ketones is 2. The van der Waals surface area contributed by atoms with Crippen LogP contribution in [0.2, 0.25) is 5.02 Å². The van der Waals surface area contributed by atoms with Gasteiger partial charge in [0.15, 0.2) is 18.2 Å². The highest BCUT2D eigenvalue weighted by molar-refractivity contribution is 6.41. The minimum atomic E-state index is -0.820. The van der Waals surface area contributed by atoms with Gasteiger partial charge < -0.3 is 10.1 Å². The maximum absolute atomic E-state index is 12.9. The molecule has 0 aliphatic heterocycles. The van der Waals surface area contributed by atoms with E-state index in [1.807, 2.05) is 0 Å². The Morgan fingerprint density at radius 2 is 1.61 bits per heavy atom. The molecule has 0 spiro atoms. The van der Waals surface area contributed by atoms with Crippen LogP contribution in [0, 0.1) is 5.92 Å². The maximum atomic E-state index is 12.9. The van der Waals surface area contributed by atoms with Gasteiger partial charge in [0.2, 0.25) is 0 Å². The SMILES string of the molecule is CC1CCC(NC(=O)COC(=O)c2ccc3c(c2Cl)C(=O)c2ccccc2C3=O)CC1. The van der Waals surface area contributed by atoms with Gasteiger partial charge in [-0.3, -0.25) is 14.4 Å². The zero-order chi connectivity index (χ0) is 22.1. The van der Waals surface area contributed by atoms with Crippen molar-refractivity contribution in [3.8, 4) is 0 Å². The fourth-order valence-electron chi connectivity index (χ4n) is 4.19. The number of carbonyl (C=O) groups excluding carboxylic acids is 4. The molecule has 1 fully saturated rings. The quantitative estimate of drug-likeness (QED) is 0.621. The number of ether oxygens (including phenoxy) is 1. The average molecular weight is 440 g/mol. The molecule has 6 nitrogen and oxygen atoms in total. The first kappa shape index (κ1) is 21.2. The lowest BCUT2D eigenvalue weighted by atomic mass is 9.83. The van der Waals surface area contributed by atoms with Crippen molar-refractivity contribution in [1.82, 2.24) is 5.32 Å². The molecule has 0 atom stereocenters. The summed E-state index contributed by atoms with van der Waals surface area (Å²) in [5.41, 5.74) is 0.629. The van der Waals surface area contributed by atoms with Crippen molar-refractivity contribution in [2.24, 2.45) is 5.92 Å². The number of hydrogen-bond acceptors (Lipinski definition) is 5. The Morgan fingerprint density at radius 3 is 2.29 bits per heavy atom. The van der Waals surface area contributed by atoms with Crippen LogP contribution in [0.4, 0.5) is 0 Å². The second-order valence-electron chi connectivity index (χ2n) is 8.15. The lowest BCUT2D eigenvalue weighted by Gasteiger charge is -2.26. The van der Waals surface area contributed by atoms with Crippen LogP contribution in [0.15, 0.2) is 36.4 Å². The summed E-state index contributed by atoms with van der Waals surface area (Å²) in [4.78, 5) is 50.3. The number of hydrogen-bond donors (Lipinski definition) is 1. The lowest BCUT2D eigenvalue weighted by molar-refractivity contribution is -0.125. The molecule has 0 saturated heterocycles. The Morgan fingerprint density at radius 1 is 0.968 bits per heavy atom. The zero-order valence-corrected chi connectivity index (χ0v) is 17.8. The zero-order valence-electron chi connectivity index (χ0n) is 17.1. The summed E-state index contributed by atoms with van der Waals surface area (Å²) in [6, 6.07) is 9.32. The molecule has 0 aromatic heterocycles. The first-order valence-electron chi connectivity index (χ1n) is 10.3. The van der Waals surface area contributed by atoms with E-state index in [0.29, 0.717) is 11.5 Å². The van der Waals surface area contributed by atoms with E-state index < -0.39 is 18.4 Å². The van der Waals surface area contributed by atoms with Gasteiger partial charge in [-0.05, 0) is 43.7 Å². The molecule has 4 rings (SSSR count). The molecule has 0 heterocycles. The Bertz CT molecular complexity index is 1090. The van der Waals surface area contributed by atoms with Gasteiger partial charge in [0.05, 0.1) is 16.1 Å². The van der Waals surface area contributed by atoms with E-state index in [9.17, 15) is 19.2 Å². The fraction of sp³-hybridized carbons (Fsp3) is 0.333. The number of fused-ring (bicyclic) bond motifs is 2. The second-order valence-corrected chi connectivity index (χ2v) is 8.53. The number of halogens is 1. The van der Waals surface area contributed by atoms with Crippen molar-refractivity contribution in [3.63, 3.8) is 0 Å². The molecule has 0 unspecified atom stereocenters. The summed E-state index contributed by atoms with van der Waals surface area (Å²) in [6.07, 6.45) is 3.95. The first-order valence-corrected chi connectivity index (χ1v) is 10.7. The van der Waals surface area contributed by atoms with Crippen molar-refractivity contribution in [2.45, 2.75) is 38.6 Å². The third-order valence-electron chi connectivity index (χ3n) is 5.97. The highest BCUT2D eigenvalue weighted by atomic mass is 35.5.